The van der Waals surface area contributed by atoms with Gasteiger partial charge >= 0.3 is 0 Å². The molecule has 6 nitrogen and oxygen atoms in total. The molecule has 6 heteroatoms. The van der Waals surface area contributed by atoms with Gasteiger partial charge in [0.2, 0.25) is 0 Å². The van der Waals surface area contributed by atoms with E-state index in [1.165, 1.54) is 0 Å². The Hall–Kier alpha value is -3.67. The third kappa shape index (κ3) is 4.94. The van der Waals surface area contributed by atoms with E-state index >= 15 is 0 Å². The predicted molar refractivity (Wildman–Crippen MR) is 109 cm³/mol. The molecular weight excluding hydrogens is 354 g/mol. The molecule has 2 N–H and O–H groups in total. The van der Waals surface area contributed by atoms with Gasteiger partial charge in [-0.1, -0.05) is 23.8 Å². The zero-order valence-electron chi connectivity index (χ0n) is 15.7. The van der Waals surface area contributed by atoms with Crippen molar-refractivity contribution in [2.24, 2.45) is 0 Å². The fourth-order valence-electron chi connectivity index (χ4n) is 2.52. The van der Waals surface area contributed by atoms with Crippen LogP contribution in [0.3, 0.4) is 0 Å². The Labute approximate surface area is 163 Å². The van der Waals surface area contributed by atoms with E-state index in [-0.39, 0.29) is 17.3 Å². The van der Waals surface area contributed by atoms with Crippen molar-refractivity contribution in [3.05, 3.63) is 83.7 Å². The van der Waals surface area contributed by atoms with Crippen molar-refractivity contribution < 1.29 is 14.3 Å². The van der Waals surface area contributed by atoms with E-state index in [1.807, 2.05) is 38.1 Å². The number of hydrogen-bond donors (Lipinski definition) is 2. The summed E-state index contributed by atoms with van der Waals surface area (Å²) in [5, 5.41) is 5.53. The molecule has 1 heterocycles. The van der Waals surface area contributed by atoms with Crippen molar-refractivity contribution >= 4 is 23.2 Å². The number of nitrogens with zero attached hydrogens (tertiary/aromatic N) is 1. The van der Waals surface area contributed by atoms with Gasteiger partial charge in [0.25, 0.3) is 11.8 Å². The molecule has 0 saturated heterocycles. The molecule has 3 aromatic rings. The number of nitrogens with one attached hydrogen (secondary N) is 2. The first-order valence-electron chi connectivity index (χ1n) is 8.94. The number of amides is 2. The summed E-state index contributed by atoms with van der Waals surface area (Å²) in [6, 6.07) is 19.2. The van der Waals surface area contributed by atoms with Crippen molar-refractivity contribution in [2.75, 3.05) is 17.2 Å². The summed E-state index contributed by atoms with van der Waals surface area (Å²) < 4.78 is 5.38. The lowest BCUT2D eigenvalue weighted by molar-refractivity contribution is 0.101. The number of rotatable bonds is 6. The average molecular weight is 375 g/mol. The lowest BCUT2D eigenvalue weighted by Gasteiger charge is -2.08. The maximum atomic E-state index is 12.5. The summed E-state index contributed by atoms with van der Waals surface area (Å²) in [5.74, 6) is -0.0397. The Bertz CT molecular complexity index is 967. The van der Waals surface area contributed by atoms with Gasteiger partial charge in [-0.15, -0.1) is 0 Å². The van der Waals surface area contributed by atoms with Gasteiger partial charge in [-0.05, 0) is 62.4 Å². The highest BCUT2D eigenvalue weighted by Crippen LogP contribution is 2.16. The Morgan fingerprint density at radius 2 is 1.32 bits per heavy atom. The molecule has 0 radical (unpaired) electrons. The van der Waals surface area contributed by atoms with Crippen LogP contribution in [0.2, 0.25) is 0 Å². The predicted octanol–water partition coefficient (Wildman–Crippen LogP) is 4.29. The summed E-state index contributed by atoms with van der Waals surface area (Å²) >= 11 is 0. The van der Waals surface area contributed by atoms with Crippen LogP contribution in [0.15, 0.2) is 66.7 Å². The fraction of sp³-hybridized carbons (Fsp3) is 0.136. The van der Waals surface area contributed by atoms with Crippen LogP contribution in [0.25, 0.3) is 0 Å². The van der Waals surface area contributed by atoms with E-state index in [2.05, 4.69) is 15.6 Å². The highest BCUT2D eigenvalue weighted by Gasteiger charge is 2.13. The minimum absolute atomic E-state index is 0.158. The normalized spacial score (nSPS) is 10.2. The summed E-state index contributed by atoms with van der Waals surface area (Å²) in [4.78, 5) is 29.1. The number of aryl methyl sites for hydroxylation is 1. The molecule has 0 spiro atoms. The largest absolute Gasteiger partial charge is 0.494 e. The van der Waals surface area contributed by atoms with Crippen LogP contribution in [0.4, 0.5) is 11.4 Å². The number of ether oxygens (including phenoxy) is 1. The van der Waals surface area contributed by atoms with Crippen molar-refractivity contribution in [3.63, 3.8) is 0 Å². The van der Waals surface area contributed by atoms with Gasteiger partial charge in [0.15, 0.2) is 0 Å². The molecule has 2 amide bonds. The van der Waals surface area contributed by atoms with Crippen molar-refractivity contribution in [1.82, 2.24) is 4.98 Å². The number of pyridine rings is 1. The number of anilines is 2. The fourth-order valence-corrected chi connectivity index (χ4v) is 2.52. The van der Waals surface area contributed by atoms with E-state index < -0.39 is 5.91 Å². The first-order chi connectivity index (χ1) is 13.5. The molecule has 1 aromatic heterocycles. The van der Waals surface area contributed by atoms with Gasteiger partial charge in [-0.3, -0.25) is 9.59 Å². The molecule has 0 unspecified atom stereocenters. The van der Waals surface area contributed by atoms with Crippen LogP contribution in [-0.2, 0) is 0 Å². The summed E-state index contributed by atoms with van der Waals surface area (Å²) in [5.41, 5.74) is 2.71. The summed E-state index contributed by atoms with van der Waals surface area (Å²) in [6.07, 6.45) is 0. The van der Waals surface area contributed by atoms with Crippen LogP contribution >= 0.6 is 0 Å². The van der Waals surface area contributed by atoms with Gasteiger partial charge in [0, 0.05) is 11.4 Å². The molecule has 28 heavy (non-hydrogen) atoms. The van der Waals surface area contributed by atoms with E-state index in [4.69, 9.17) is 4.74 Å². The van der Waals surface area contributed by atoms with Gasteiger partial charge in [-0.2, -0.15) is 0 Å². The molecule has 3 rings (SSSR count). The molecule has 0 saturated carbocycles. The molecule has 0 aliphatic rings. The molecule has 0 aliphatic carbocycles. The molecule has 2 aromatic carbocycles. The van der Waals surface area contributed by atoms with E-state index in [9.17, 15) is 9.59 Å². The van der Waals surface area contributed by atoms with Crippen LogP contribution in [0.1, 0.15) is 33.5 Å². The Balaban J connectivity index is 1.68. The smallest absolute Gasteiger partial charge is 0.274 e. The van der Waals surface area contributed by atoms with E-state index in [0.29, 0.717) is 18.0 Å². The zero-order chi connectivity index (χ0) is 19.9. The molecule has 142 valence electrons. The minimum Gasteiger partial charge on any atom is -0.494 e. The molecule has 0 aliphatic heterocycles. The molecular formula is C22H21N3O3. The number of benzene rings is 2. The SMILES string of the molecule is CCOc1ccc(NC(=O)c2cccc(C(=O)Nc3ccc(C)cc3)n2)cc1. The van der Waals surface area contributed by atoms with E-state index in [0.717, 1.165) is 11.3 Å². The third-order valence-corrected chi connectivity index (χ3v) is 3.95. The zero-order valence-corrected chi connectivity index (χ0v) is 15.7. The lowest BCUT2D eigenvalue weighted by Crippen LogP contribution is -2.18. The quantitative estimate of drug-likeness (QED) is 0.673. The second kappa shape index (κ2) is 8.81. The van der Waals surface area contributed by atoms with Crippen LogP contribution in [0, 0.1) is 6.92 Å². The highest BCUT2D eigenvalue weighted by molar-refractivity contribution is 6.06. The van der Waals surface area contributed by atoms with Gasteiger partial charge in [-0.25, -0.2) is 4.98 Å². The number of carbonyl (C=O) groups is 2. The topological polar surface area (TPSA) is 80.3 Å². The maximum Gasteiger partial charge on any atom is 0.274 e. The van der Waals surface area contributed by atoms with Crippen LogP contribution < -0.4 is 15.4 Å². The first-order valence-corrected chi connectivity index (χ1v) is 8.94. The van der Waals surface area contributed by atoms with E-state index in [1.54, 1.807) is 42.5 Å². The standard InChI is InChI=1S/C22H21N3O3/c1-3-28-18-13-11-17(12-14-18)24-22(27)20-6-4-5-19(25-20)21(26)23-16-9-7-15(2)8-10-16/h4-14H,3H2,1-2H3,(H,23,26)(H,24,27). The molecule has 0 bridgehead atoms. The number of aromatic nitrogens is 1. The second-order valence-electron chi connectivity index (χ2n) is 6.14. The Morgan fingerprint density at radius 1 is 0.821 bits per heavy atom. The van der Waals surface area contributed by atoms with Gasteiger partial charge in [0.1, 0.15) is 17.1 Å². The monoisotopic (exact) mass is 375 g/mol. The number of hydrogen-bond acceptors (Lipinski definition) is 4. The Kier molecular flexibility index (Phi) is 6.01. The summed E-state index contributed by atoms with van der Waals surface area (Å²) in [6.45, 7) is 4.45. The van der Waals surface area contributed by atoms with Crippen LogP contribution in [-0.4, -0.2) is 23.4 Å². The average Bonchev–Trinajstić information content (AvgIpc) is 2.71. The lowest BCUT2D eigenvalue weighted by atomic mass is 10.2. The minimum atomic E-state index is -0.394. The number of carbonyl (C=O) groups excluding carboxylic acids is 2. The highest BCUT2D eigenvalue weighted by atomic mass is 16.5. The van der Waals surface area contributed by atoms with Crippen molar-refractivity contribution in [3.8, 4) is 5.75 Å². The third-order valence-electron chi connectivity index (χ3n) is 3.95. The van der Waals surface area contributed by atoms with Crippen molar-refractivity contribution in [2.45, 2.75) is 13.8 Å². The van der Waals surface area contributed by atoms with Crippen LogP contribution in [0.5, 0.6) is 5.75 Å². The molecule has 0 atom stereocenters. The summed E-state index contributed by atoms with van der Waals surface area (Å²) in [7, 11) is 0. The van der Waals surface area contributed by atoms with Gasteiger partial charge < -0.3 is 15.4 Å². The van der Waals surface area contributed by atoms with Gasteiger partial charge in [0.05, 0.1) is 6.61 Å². The second-order valence-corrected chi connectivity index (χ2v) is 6.14. The first kappa shape index (κ1) is 19.1. The molecule has 0 fully saturated rings. The van der Waals surface area contributed by atoms with Crippen molar-refractivity contribution in [1.29, 1.82) is 0 Å². The maximum absolute atomic E-state index is 12.5. The Morgan fingerprint density at radius 3 is 1.82 bits per heavy atom.